The maximum absolute atomic E-state index is 12.8. The van der Waals surface area contributed by atoms with Gasteiger partial charge in [0.2, 0.25) is 11.8 Å². The molecule has 3 rings (SSSR count). The number of halogens is 1. The van der Waals surface area contributed by atoms with Gasteiger partial charge in [0.15, 0.2) is 0 Å². The normalized spacial score (nSPS) is 21.0. The van der Waals surface area contributed by atoms with Crippen molar-refractivity contribution in [2.75, 3.05) is 19.6 Å². The van der Waals surface area contributed by atoms with Crippen molar-refractivity contribution < 1.29 is 14.7 Å². The Balaban J connectivity index is 1.60. The molecule has 0 aromatic heterocycles. The van der Waals surface area contributed by atoms with Crippen LogP contribution in [-0.2, 0) is 16.0 Å². The molecule has 1 atom stereocenters. The van der Waals surface area contributed by atoms with Gasteiger partial charge in [-0.1, -0.05) is 17.7 Å². The van der Waals surface area contributed by atoms with Gasteiger partial charge in [0.05, 0.1) is 11.4 Å². The van der Waals surface area contributed by atoms with E-state index in [0.717, 1.165) is 57.3 Å². The highest BCUT2D eigenvalue weighted by molar-refractivity contribution is 6.32. The summed E-state index contributed by atoms with van der Waals surface area (Å²) < 4.78 is 0. The lowest BCUT2D eigenvalue weighted by Crippen LogP contribution is -2.46. The Morgan fingerprint density at radius 1 is 1.24 bits per heavy atom. The first-order valence-corrected chi connectivity index (χ1v) is 9.47. The van der Waals surface area contributed by atoms with Gasteiger partial charge in [-0.05, 0) is 49.8 Å². The Labute approximate surface area is 153 Å². The number of phenols is 1. The number of carbonyl (C=O) groups is 2. The topological polar surface area (TPSA) is 60.9 Å². The van der Waals surface area contributed by atoms with Crippen molar-refractivity contribution in [2.45, 2.75) is 51.0 Å². The number of nitrogens with zero attached hydrogens (tertiary/aromatic N) is 2. The Kier molecular flexibility index (Phi) is 5.84. The molecule has 0 bridgehead atoms. The van der Waals surface area contributed by atoms with E-state index in [1.807, 2.05) is 9.80 Å². The molecule has 6 heteroatoms. The summed E-state index contributed by atoms with van der Waals surface area (Å²) in [5.74, 6) is 0.371. The molecule has 0 spiro atoms. The Bertz CT molecular complexity index is 650. The number of benzene rings is 1. The molecule has 136 valence electrons. The molecule has 0 radical (unpaired) electrons. The molecule has 1 N–H and O–H groups in total. The molecule has 5 nitrogen and oxygen atoms in total. The van der Waals surface area contributed by atoms with E-state index in [9.17, 15) is 14.7 Å². The van der Waals surface area contributed by atoms with Gasteiger partial charge >= 0.3 is 0 Å². The van der Waals surface area contributed by atoms with Crippen LogP contribution in [0, 0.1) is 0 Å². The van der Waals surface area contributed by atoms with E-state index < -0.39 is 0 Å². The average Bonchev–Trinajstić information content (AvgIpc) is 3.01. The van der Waals surface area contributed by atoms with Crippen molar-refractivity contribution in [3.8, 4) is 5.75 Å². The van der Waals surface area contributed by atoms with E-state index in [1.54, 1.807) is 12.1 Å². The van der Waals surface area contributed by atoms with Crippen molar-refractivity contribution in [3.05, 3.63) is 28.8 Å². The SMILES string of the molecule is O=C1CCCN1CCC1CCCCN1C(=O)Cc1ccc(O)c(Cl)c1. The molecule has 2 heterocycles. The number of likely N-dealkylation sites (tertiary alicyclic amines) is 2. The summed E-state index contributed by atoms with van der Waals surface area (Å²) in [6.45, 7) is 2.38. The van der Waals surface area contributed by atoms with E-state index in [0.29, 0.717) is 12.8 Å². The van der Waals surface area contributed by atoms with Crippen LogP contribution in [0.1, 0.15) is 44.1 Å². The summed E-state index contributed by atoms with van der Waals surface area (Å²) in [4.78, 5) is 28.5. The third-order valence-corrected chi connectivity index (χ3v) is 5.52. The highest BCUT2D eigenvalue weighted by Gasteiger charge is 2.28. The predicted molar refractivity (Wildman–Crippen MR) is 96.6 cm³/mol. The molecule has 2 amide bonds. The lowest BCUT2D eigenvalue weighted by Gasteiger charge is -2.37. The molecule has 0 saturated carbocycles. The molecule has 0 aliphatic carbocycles. The second-order valence-electron chi connectivity index (χ2n) is 6.97. The van der Waals surface area contributed by atoms with Crippen LogP contribution in [-0.4, -0.2) is 52.4 Å². The molecule has 2 fully saturated rings. The number of amides is 2. The fraction of sp³-hybridized carbons (Fsp3) is 0.579. The van der Waals surface area contributed by atoms with E-state index in [-0.39, 0.29) is 28.6 Å². The fourth-order valence-electron chi connectivity index (χ4n) is 3.81. The Hall–Kier alpha value is -1.75. The number of hydrogen-bond acceptors (Lipinski definition) is 3. The number of hydrogen-bond donors (Lipinski definition) is 1. The van der Waals surface area contributed by atoms with Crippen molar-refractivity contribution in [1.29, 1.82) is 0 Å². The third kappa shape index (κ3) is 4.46. The molecule has 2 aliphatic rings. The molecule has 1 unspecified atom stereocenters. The zero-order chi connectivity index (χ0) is 17.8. The monoisotopic (exact) mass is 364 g/mol. The number of phenolic OH excluding ortho intramolecular Hbond substituents is 1. The molecular formula is C19H25ClN2O3. The van der Waals surface area contributed by atoms with Crippen LogP contribution in [0.25, 0.3) is 0 Å². The quantitative estimate of drug-likeness (QED) is 0.873. The summed E-state index contributed by atoms with van der Waals surface area (Å²) in [6, 6.07) is 5.12. The molecule has 25 heavy (non-hydrogen) atoms. The van der Waals surface area contributed by atoms with Crippen molar-refractivity contribution in [2.24, 2.45) is 0 Å². The standard InChI is InChI=1S/C19H25ClN2O3/c20-16-12-14(6-7-17(16)23)13-19(25)22-10-2-1-4-15(22)8-11-21-9-3-5-18(21)24/h6-7,12,15,23H,1-5,8-11,13H2. The van der Waals surface area contributed by atoms with Crippen LogP contribution in [0.2, 0.25) is 5.02 Å². The van der Waals surface area contributed by atoms with E-state index in [2.05, 4.69) is 0 Å². The fourth-order valence-corrected chi connectivity index (χ4v) is 4.01. The molecule has 2 saturated heterocycles. The van der Waals surface area contributed by atoms with Crippen molar-refractivity contribution >= 4 is 23.4 Å². The average molecular weight is 365 g/mol. The predicted octanol–water partition coefficient (Wildman–Crippen LogP) is 2.98. The number of carbonyl (C=O) groups excluding carboxylic acids is 2. The van der Waals surface area contributed by atoms with Crippen LogP contribution >= 0.6 is 11.6 Å². The summed E-state index contributed by atoms with van der Waals surface area (Å²) in [6.07, 6.45) is 5.92. The number of rotatable bonds is 5. The first kappa shape index (κ1) is 18.1. The van der Waals surface area contributed by atoms with E-state index >= 15 is 0 Å². The highest BCUT2D eigenvalue weighted by atomic mass is 35.5. The summed E-state index contributed by atoms with van der Waals surface area (Å²) in [5.41, 5.74) is 0.812. The van der Waals surface area contributed by atoms with Gasteiger partial charge in [-0.15, -0.1) is 0 Å². The second-order valence-corrected chi connectivity index (χ2v) is 7.38. The van der Waals surface area contributed by atoms with Gasteiger partial charge in [-0.25, -0.2) is 0 Å². The zero-order valence-electron chi connectivity index (χ0n) is 14.4. The minimum atomic E-state index is 0.0315. The third-order valence-electron chi connectivity index (χ3n) is 5.22. The lowest BCUT2D eigenvalue weighted by atomic mass is 9.98. The van der Waals surface area contributed by atoms with E-state index in [1.165, 1.54) is 6.07 Å². The van der Waals surface area contributed by atoms with Gasteiger partial charge in [0.25, 0.3) is 0 Å². The van der Waals surface area contributed by atoms with Gasteiger partial charge < -0.3 is 14.9 Å². The molecule has 2 aliphatic heterocycles. The molecule has 1 aromatic carbocycles. The first-order chi connectivity index (χ1) is 12.0. The van der Waals surface area contributed by atoms with Gasteiger partial charge in [-0.3, -0.25) is 9.59 Å². The minimum absolute atomic E-state index is 0.0315. The van der Waals surface area contributed by atoms with Crippen LogP contribution < -0.4 is 0 Å². The Morgan fingerprint density at radius 2 is 2.08 bits per heavy atom. The van der Waals surface area contributed by atoms with Gasteiger partial charge in [-0.2, -0.15) is 0 Å². The summed E-state index contributed by atoms with van der Waals surface area (Å²) in [7, 11) is 0. The van der Waals surface area contributed by atoms with Crippen LogP contribution in [0.5, 0.6) is 5.75 Å². The Morgan fingerprint density at radius 3 is 2.80 bits per heavy atom. The largest absolute Gasteiger partial charge is 0.506 e. The smallest absolute Gasteiger partial charge is 0.227 e. The second kappa shape index (κ2) is 8.09. The first-order valence-electron chi connectivity index (χ1n) is 9.09. The van der Waals surface area contributed by atoms with Crippen molar-refractivity contribution in [1.82, 2.24) is 9.80 Å². The van der Waals surface area contributed by atoms with E-state index in [4.69, 9.17) is 11.6 Å². The van der Waals surface area contributed by atoms with Crippen LogP contribution in [0.4, 0.5) is 0 Å². The van der Waals surface area contributed by atoms with Crippen LogP contribution in [0.3, 0.4) is 0 Å². The lowest BCUT2D eigenvalue weighted by molar-refractivity contribution is -0.134. The number of aromatic hydroxyl groups is 1. The highest BCUT2D eigenvalue weighted by Crippen LogP contribution is 2.26. The summed E-state index contributed by atoms with van der Waals surface area (Å²) >= 11 is 5.94. The zero-order valence-corrected chi connectivity index (χ0v) is 15.2. The van der Waals surface area contributed by atoms with Gasteiger partial charge in [0, 0.05) is 32.1 Å². The molecule has 1 aromatic rings. The number of piperidine rings is 1. The maximum atomic E-state index is 12.8. The molecular weight excluding hydrogens is 340 g/mol. The summed E-state index contributed by atoms with van der Waals surface area (Å²) in [5, 5.41) is 9.78. The van der Waals surface area contributed by atoms with Crippen LogP contribution in [0.15, 0.2) is 18.2 Å². The van der Waals surface area contributed by atoms with Gasteiger partial charge in [0.1, 0.15) is 5.75 Å². The minimum Gasteiger partial charge on any atom is -0.506 e. The van der Waals surface area contributed by atoms with Crippen molar-refractivity contribution in [3.63, 3.8) is 0 Å². The maximum Gasteiger partial charge on any atom is 0.227 e.